The molecule has 0 heterocycles. The number of rotatable bonds is 4. The van der Waals surface area contributed by atoms with Gasteiger partial charge >= 0.3 is 6.03 Å². The molecule has 6 heteroatoms. The zero-order valence-corrected chi connectivity index (χ0v) is 12.2. The third kappa shape index (κ3) is 4.24. The molecule has 0 saturated carbocycles. The molecule has 0 fully saturated rings. The van der Waals surface area contributed by atoms with Crippen LogP contribution >= 0.6 is 0 Å². The number of nitrogens with one attached hydrogen (secondary N) is 2. The van der Waals surface area contributed by atoms with Gasteiger partial charge in [0.25, 0.3) is 5.91 Å². The molecular formula is C14H21N3O3. The van der Waals surface area contributed by atoms with Crippen molar-refractivity contribution in [1.29, 1.82) is 0 Å². The molecule has 0 saturated heterocycles. The van der Waals surface area contributed by atoms with E-state index in [4.69, 9.17) is 10.5 Å². The summed E-state index contributed by atoms with van der Waals surface area (Å²) < 4.78 is 5.60. The number of aryl methyl sites for hydroxylation is 1. The van der Waals surface area contributed by atoms with Crippen molar-refractivity contribution in [2.45, 2.75) is 32.9 Å². The molecule has 0 aliphatic carbocycles. The Morgan fingerprint density at radius 1 is 1.30 bits per heavy atom. The molecule has 1 rings (SSSR count). The smallest absolute Gasteiger partial charge is 0.321 e. The number of amides is 3. The van der Waals surface area contributed by atoms with Crippen molar-refractivity contribution in [2.24, 2.45) is 5.73 Å². The van der Waals surface area contributed by atoms with Gasteiger partial charge in [0.2, 0.25) is 0 Å². The van der Waals surface area contributed by atoms with Crippen molar-refractivity contribution < 1.29 is 14.3 Å². The van der Waals surface area contributed by atoms with Crippen LogP contribution in [-0.4, -0.2) is 25.1 Å². The topological polar surface area (TPSA) is 93.5 Å². The second kappa shape index (κ2) is 6.91. The number of benzene rings is 1. The number of hydrogen-bond acceptors (Lipinski definition) is 4. The lowest BCUT2D eigenvalue weighted by molar-refractivity contribution is -0.126. The molecule has 0 aromatic heterocycles. The van der Waals surface area contributed by atoms with Gasteiger partial charge < -0.3 is 15.8 Å². The van der Waals surface area contributed by atoms with Gasteiger partial charge in [-0.3, -0.25) is 10.1 Å². The Morgan fingerprint density at radius 2 is 1.95 bits per heavy atom. The third-order valence-electron chi connectivity index (χ3n) is 2.79. The Kier molecular flexibility index (Phi) is 5.52. The van der Waals surface area contributed by atoms with Gasteiger partial charge in [0.1, 0.15) is 5.75 Å². The standard InChI is InChI=1S/C14H21N3O3/c1-8-5-6-12(11(7-8)9(2)15)20-10(3)13(18)17-14(19)16-4/h5-7,9-10H,15H2,1-4H3,(H2,16,17,18,19). The first-order valence-electron chi connectivity index (χ1n) is 6.40. The Labute approximate surface area is 118 Å². The van der Waals surface area contributed by atoms with Gasteiger partial charge in [-0.2, -0.15) is 0 Å². The summed E-state index contributed by atoms with van der Waals surface area (Å²) in [5.41, 5.74) is 7.78. The summed E-state index contributed by atoms with van der Waals surface area (Å²) in [4.78, 5) is 22.8. The van der Waals surface area contributed by atoms with E-state index in [9.17, 15) is 9.59 Å². The SMILES string of the molecule is CNC(=O)NC(=O)C(C)Oc1ccc(C)cc1C(C)N. The Bertz CT molecular complexity index is 500. The lowest BCUT2D eigenvalue weighted by Crippen LogP contribution is -2.44. The third-order valence-corrected chi connectivity index (χ3v) is 2.79. The quantitative estimate of drug-likeness (QED) is 0.773. The van der Waals surface area contributed by atoms with Gasteiger partial charge in [-0.25, -0.2) is 4.79 Å². The maximum absolute atomic E-state index is 11.7. The summed E-state index contributed by atoms with van der Waals surface area (Å²) in [6, 6.07) is 4.80. The molecule has 1 aromatic rings. The van der Waals surface area contributed by atoms with E-state index in [0.29, 0.717) is 5.75 Å². The maximum Gasteiger partial charge on any atom is 0.321 e. The molecule has 0 aliphatic rings. The number of imide groups is 1. The van der Waals surface area contributed by atoms with Crippen LogP contribution in [0.25, 0.3) is 0 Å². The highest BCUT2D eigenvalue weighted by Gasteiger charge is 2.19. The predicted molar refractivity (Wildman–Crippen MR) is 76.5 cm³/mol. The molecule has 0 aliphatic heterocycles. The Hall–Kier alpha value is -2.08. The van der Waals surface area contributed by atoms with Crippen molar-refractivity contribution in [3.05, 3.63) is 29.3 Å². The zero-order valence-electron chi connectivity index (χ0n) is 12.2. The van der Waals surface area contributed by atoms with Crippen molar-refractivity contribution in [1.82, 2.24) is 10.6 Å². The Morgan fingerprint density at radius 3 is 2.50 bits per heavy atom. The van der Waals surface area contributed by atoms with E-state index < -0.39 is 18.0 Å². The van der Waals surface area contributed by atoms with E-state index in [1.165, 1.54) is 7.05 Å². The highest BCUT2D eigenvalue weighted by molar-refractivity contribution is 5.96. The molecule has 3 amide bonds. The summed E-state index contributed by atoms with van der Waals surface area (Å²) in [5, 5.41) is 4.47. The number of urea groups is 1. The number of carbonyl (C=O) groups is 2. The first-order valence-corrected chi connectivity index (χ1v) is 6.40. The van der Waals surface area contributed by atoms with E-state index in [1.807, 2.05) is 26.0 Å². The van der Waals surface area contributed by atoms with Gasteiger partial charge in [-0.1, -0.05) is 17.7 Å². The van der Waals surface area contributed by atoms with E-state index >= 15 is 0 Å². The number of carbonyl (C=O) groups excluding carboxylic acids is 2. The van der Waals surface area contributed by atoms with Crippen LogP contribution in [0.5, 0.6) is 5.75 Å². The normalized spacial score (nSPS) is 13.2. The molecule has 110 valence electrons. The average Bonchev–Trinajstić information content (AvgIpc) is 2.40. The molecule has 0 bridgehead atoms. The van der Waals surface area contributed by atoms with Crippen LogP contribution in [0.4, 0.5) is 4.79 Å². The van der Waals surface area contributed by atoms with Crippen molar-refractivity contribution in [3.63, 3.8) is 0 Å². The van der Waals surface area contributed by atoms with Crippen LogP contribution in [0.2, 0.25) is 0 Å². The predicted octanol–water partition coefficient (Wildman–Crippen LogP) is 1.24. The minimum atomic E-state index is -0.799. The molecule has 1 aromatic carbocycles. The Balaban J connectivity index is 2.82. The molecule has 0 spiro atoms. The van der Waals surface area contributed by atoms with Gasteiger partial charge in [-0.15, -0.1) is 0 Å². The highest BCUT2D eigenvalue weighted by atomic mass is 16.5. The second-order valence-electron chi connectivity index (χ2n) is 4.66. The van der Waals surface area contributed by atoms with E-state index in [-0.39, 0.29) is 6.04 Å². The van der Waals surface area contributed by atoms with Gasteiger partial charge in [-0.05, 0) is 26.8 Å². The summed E-state index contributed by atoms with van der Waals surface area (Å²) in [5.74, 6) is 0.0331. The number of nitrogens with two attached hydrogens (primary N) is 1. The highest BCUT2D eigenvalue weighted by Crippen LogP contribution is 2.25. The fraction of sp³-hybridized carbons (Fsp3) is 0.429. The summed E-state index contributed by atoms with van der Waals surface area (Å²) in [6.45, 7) is 5.37. The van der Waals surface area contributed by atoms with Crippen molar-refractivity contribution in [3.8, 4) is 5.75 Å². The minimum Gasteiger partial charge on any atom is -0.481 e. The van der Waals surface area contributed by atoms with Gasteiger partial charge in [0.05, 0.1) is 0 Å². The van der Waals surface area contributed by atoms with Gasteiger partial charge in [0, 0.05) is 18.7 Å². The molecule has 4 N–H and O–H groups in total. The summed E-state index contributed by atoms with van der Waals surface area (Å²) >= 11 is 0. The average molecular weight is 279 g/mol. The molecule has 2 unspecified atom stereocenters. The van der Waals surface area contributed by atoms with Crippen molar-refractivity contribution in [2.75, 3.05) is 7.05 Å². The molecule has 20 heavy (non-hydrogen) atoms. The minimum absolute atomic E-state index is 0.209. The van der Waals surface area contributed by atoms with Crippen LogP contribution in [0.15, 0.2) is 18.2 Å². The maximum atomic E-state index is 11.7. The van der Waals surface area contributed by atoms with E-state index in [1.54, 1.807) is 13.0 Å². The fourth-order valence-corrected chi connectivity index (χ4v) is 1.65. The molecule has 0 radical (unpaired) electrons. The lowest BCUT2D eigenvalue weighted by Gasteiger charge is -2.18. The van der Waals surface area contributed by atoms with Gasteiger partial charge in [0.15, 0.2) is 6.10 Å². The fourth-order valence-electron chi connectivity index (χ4n) is 1.65. The molecular weight excluding hydrogens is 258 g/mol. The summed E-state index contributed by atoms with van der Waals surface area (Å²) in [7, 11) is 1.43. The molecule has 6 nitrogen and oxygen atoms in total. The van der Waals surface area contributed by atoms with Crippen LogP contribution in [0.3, 0.4) is 0 Å². The summed E-state index contributed by atoms with van der Waals surface area (Å²) in [6.07, 6.45) is -0.799. The molecule has 2 atom stereocenters. The zero-order chi connectivity index (χ0) is 15.3. The lowest BCUT2D eigenvalue weighted by atomic mass is 10.1. The van der Waals surface area contributed by atoms with Crippen LogP contribution in [-0.2, 0) is 4.79 Å². The first-order chi connectivity index (χ1) is 9.35. The van der Waals surface area contributed by atoms with Crippen LogP contribution in [0, 0.1) is 6.92 Å². The largest absolute Gasteiger partial charge is 0.481 e. The van der Waals surface area contributed by atoms with Crippen LogP contribution in [0.1, 0.15) is 31.0 Å². The monoisotopic (exact) mass is 279 g/mol. The first kappa shape index (κ1) is 16.0. The van der Waals surface area contributed by atoms with E-state index in [2.05, 4.69) is 10.6 Å². The number of hydrogen-bond donors (Lipinski definition) is 3. The number of ether oxygens (including phenoxy) is 1. The van der Waals surface area contributed by atoms with Crippen LogP contribution < -0.4 is 21.1 Å². The van der Waals surface area contributed by atoms with E-state index in [0.717, 1.165) is 11.1 Å². The second-order valence-corrected chi connectivity index (χ2v) is 4.66. The van der Waals surface area contributed by atoms with Crippen molar-refractivity contribution >= 4 is 11.9 Å².